The number of benzene rings is 3. The molecule has 0 spiro atoms. The second-order valence-electron chi connectivity index (χ2n) is 6.25. The molecule has 0 saturated heterocycles. The van der Waals surface area contributed by atoms with E-state index in [9.17, 15) is 8.42 Å². The molecule has 27 heavy (non-hydrogen) atoms. The summed E-state index contributed by atoms with van der Waals surface area (Å²) >= 11 is 0. The molecule has 0 aliphatic carbocycles. The third-order valence-corrected chi connectivity index (χ3v) is 4.73. The Kier molecular flexibility index (Phi) is 5.37. The molecule has 0 saturated carbocycles. The number of para-hydroxylation sites is 1. The minimum atomic E-state index is -3.52. The highest BCUT2D eigenvalue weighted by atomic mass is 32.2. The van der Waals surface area contributed by atoms with Gasteiger partial charge in [0.05, 0.1) is 6.26 Å². The molecule has 0 heterocycles. The van der Waals surface area contributed by atoms with Crippen molar-refractivity contribution in [3.63, 3.8) is 0 Å². The Morgan fingerprint density at radius 2 is 1.00 bits per heavy atom. The summed E-state index contributed by atoms with van der Waals surface area (Å²) in [6, 6.07) is 25.4. The molecule has 0 bridgehead atoms. The molecule has 0 atom stereocenters. The van der Waals surface area contributed by atoms with Crippen molar-refractivity contribution in [2.75, 3.05) is 30.2 Å². The van der Waals surface area contributed by atoms with Crippen LogP contribution in [-0.2, 0) is 10.1 Å². The van der Waals surface area contributed by atoms with Crippen LogP contribution < -0.4 is 14.0 Å². The number of nitrogens with zero attached hydrogens (tertiary/aromatic N) is 2. The monoisotopic (exact) mass is 382 g/mol. The zero-order valence-corrected chi connectivity index (χ0v) is 16.3. The van der Waals surface area contributed by atoms with E-state index in [2.05, 4.69) is 41.3 Å². The molecule has 0 fully saturated rings. The Morgan fingerprint density at radius 1 is 0.630 bits per heavy atom. The summed E-state index contributed by atoms with van der Waals surface area (Å²) in [4.78, 5) is 4.15. The summed E-state index contributed by atoms with van der Waals surface area (Å²) in [7, 11) is 0.480. The average Bonchev–Trinajstić information content (AvgIpc) is 2.67. The summed E-state index contributed by atoms with van der Waals surface area (Å²) in [5, 5.41) is 0. The zero-order valence-electron chi connectivity index (χ0n) is 15.5. The van der Waals surface area contributed by atoms with Crippen LogP contribution in [0.3, 0.4) is 0 Å². The van der Waals surface area contributed by atoms with Crippen molar-refractivity contribution < 1.29 is 12.6 Å². The topological polar surface area (TPSA) is 49.9 Å². The molecule has 3 aromatic rings. The fourth-order valence-electron chi connectivity index (χ4n) is 2.75. The van der Waals surface area contributed by atoms with Crippen LogP contribution in [0.1, 0.15) is 0 Å². The van der Waals surface area contributed by atoms with Crippen LogP contribution in [0, 0.1) is 0 Å². The van der Waals surface area contributed by atoms with Gasteiger partial charge in [-0.05, 0) is 60.7 Å². The van der Waals surface area contributed by atoms with Gasteiger partial charge in [0, 0.05) is 36.8 Å². The van der Waals surface area contributed by atoms with Gasteiger partial charge in [-0.3, -0.25) is 0 Å². The van der Waals surface area contributed by atoms with Crippen LogP contribution in [0.4, 0.5) is 22.7 Å². The van der Waals surface area contributed by atoms with Gasteiger partial charge in [-0.15, -0.1) is 0 Å². The van der Waals surface area contributed by atoms with Gasteiger partial charge in [-0.1, -0.05) is 18.2 Å². The summed E-state index contributed by atoms with van der Waals surface area (Å²) in [5.41, 5.74) is 4.17. The first-order valence-electron chi connectivity index (χ1n) is 8.45. The van der Waals surface area contributed by atoms with E-state index >= 15 is 0 Å². The Bertz CT molecular complexity index is 986. The first-order chi connectivity index (χ1) is 12.8. The van der Waals surface area contributed by atoms with Crippen molar-refractivity contribution in [3.05, 3.63) is 78.9 Å². The largest absolute Gasteiger partial charge is 0.383 e. The van der Waals surface area contributed by atoms with E-state index in [-0.39, 0.29) is 0 Å². The maximum Gasteiger partial charge on any atom is 0.306 e. The summed E-state index contributed by atoms with van der Waals surface area (Å²) in [6.07, 6.45) is 1.03. The number of hydrogen-bond acceptors (Lipinski definition) is 5. The van der Waals surface area contributed by atoms with Crippen LogP contribution in [0.5, 0.6) is 5.75 Å². The van der Waals surface area contributed by atoms with Crippen molar-refractivity contribution >= 4 is 32.9 Å². The molecule has 3 rings (SSSR count). The van der Waals surface area contributed by atoms with E-state index < -0.39 is 10.1 Å². The molecule has 5 nitrogen and oxygen atoms in total. The van der Waals surface area contributed by atoms with Crippen molar-refractivity contribution in [1.82, 2.24) is 0 Å². The molecule has 3 aromatic carbocycles. The van der Waals surface area contributed by atoms with E-state index in [4.69, 9.17) is 4.18 Å². The summed E-state index contributed by atoms with van der Waals surface area (Å²) < 4.78 is 27.3. The highest BCUT2D eigenvalue weighted by molar-refractivity contribution is 7.86. The molecular weight excluding hydrogens is 360 g/mol. The lowest BCUT2D eigenvalue weighted by molar-refractivity contribution is 0.493. The van der Waals surface area contributed by atoms with Crippen LogP contribution in [-0.4, -0.2) is 28.8 Å². The molecule has 0 aliphatic rings. The van der Waals surface area contributed by atoms with Gasteiger partial charge in [0.1, 0.15) is 5.75 Å². The third kappa shape index (κ3) is 4.80. The molecule has 140 valence electrons. The highest BCUT2D eigenvalue weighted by Gasteiger charge is 2.08. The second-order valence-corrected chi connectivity index (χ2v) is 7.83. The van der Waals surface area contributed by atoms with E-state index in [0.29, 0.717) is 5.75 Å². The molecule has 0 aromatic heterocycles. The standard InChI is InChI=1S/C21H22N2O3S/c1-22(17-7-5-4-6-8-17)18-9-11-19(12-10-18)23(2)20-13-15-21(16-14-20)26-27(3,24)25/h4-16H,1-3H3. The highest BCUT2D eigenvalue weighted by Crippen LogP contribution is 2.29. The van der Waals surface area contributed by atoms with Gasteiger partial charge in [0.15, 0.2) is 0 Å². The molecule has 0 radical (unpaired) electrons. The minimum Gasteiger partial charge on any atom is -0.383 e. The predicted molar refractivity (Wildman–Crippen MR) is 111 cm³/mol. The third-order valence-electron chi connectivity index (χ3n) is 4.24. The number of anilines is 4. The Balaban J connectivity index is 1.75. The zero-order chi connectivity index (χ0) is 19.4. The normalized spacial score (nSPS) is 11.1. The molecule has 0 N–H and O–H groups in total. The van der Waals surface area contributed by atoms with Gasteiger partial charge >= 0.3 is 10.1 Å². The van der Waals surface area contributed by atoms with Gasteiger partial charge in [-0.2, -0.15) is 8.42 Å². The Labute approximate surface area is 160 Å². The van der Waals surface area contributed by atoms with Gasteiger partial charge in [-0.25, -0.2) is 0 Å². The van der Waals surface area contributed by atoms with E-state index in [0.717, 1.165) is 29.0 Å². The van der Waals surface area contributed by atoms with Crippen LogP contribution in [0.25, 0.3) is 0 Å². The van der Waals surface area contributed by atoms with Gasteiger partial charge < -0.3 is 14.0 Å². The summed E-state index contributed by atoms with van der Waals surface area (Å²) in [5.74, 6) is 0.300. The lowest BCUT2D eigenvalue weighted by Gasteiger charge is -2.23. The predicted octanol–water partition coefficient (Wildman–Crippen LogP) is 4.56. The van der Waals surface area contributed by atoms with E-state index in [1.807, 2.05) is 49.3 Å². The van der Waals surface area contributed by atoms with Crippen molar-refractivity contribution in [3.8, 4) is 5.75 Å². The first-order valence-corrected chi connectivity index (χ1v) is 10.3. The van der Waals surface area contributed by atoms with Gasteiger partial charge in [0.25, 0.3) is 0 Å². The SMILES string of the molecule is CN(c1ccccc1)c1ccc(N(C)c2ccc(OS(C)(=O)=O)cc2)cc1. The number of rotatable bonds is 6. The smallest absolute Gasteiger partial charge is 0.306 e. The molecular formula is C21H22N2O3S. The fourth-order valence-corrected chi connectivity index (χ4v) is 3.21. The van der Waals surface area contributed by atoms with Crippen LogP contribution in [0.15, 0.2) is 78.9 Å². The molecule has 0 aliphatic heterocycles. The fraction of sp³-hybridized carbons (Fsp3) is 0.143. The van der Waals surface area contributed by atoms with Crippen LogP contribution >= 0.6 is 0 Å². The molecule has 0 amide bonds. The average molecular weight is 382 g/mol. The van der Waals surface area contributed by atoms with Crippen molar-refractivity contribution in [2.45, 2.75) is 0 Å². The maximum atomic E-state index is 11.2. The van der Waals surface area contributed by atoms with Gasteiger partial charge in [0.2, 0.25) is 0 Å². The van der Waals surface area contributed by atoms with E-state index in [1.54, 1.807) is 12.1 Å². The Morgan fingerprint density at radius 3 is 1.41 bits per heavy atom. The quantitative estimate of drug-likeness (QED) is 0.585. The minimum absolute atomic E-state index is 0.300. The van der Waals surface area contributed by atoms with E-state index in [1.165, 1.54) is 0 Å². The Hall–Kier alpha value is -2.99. The lowest BCUT2D eigenvalue weighted by Crippen LogP contribution is -2.11. The van der Waals surface area contributed by atoms with Crippen molar-refractivity contribution in [2.24, 2.45) is 0 Å². The summed E-state index contributed by atoms with van der Waals surface area (Å²) in [6.45, 7) is 0. The first kappa shape index (κ1) is 18.8. The maximum absolute atomic E-state index is 11.2. The van der Waals surface area contributed by atoms with Crippen molar-refractivity contribution in [1.29, 1.82) is 0 Å². The van der Waals surface area contributed by atoms with Crippen LogP contribution in [0.2, 0.25) is 0 Å². The molecule has 0 unspecified atom stereocenters. The number of hydrogen-bond donors (Lipinski definition) is 0. The molecule has 6 heteroatoms. The second kappa shape index (κ2) is 7.72. The lowest BCUT2D eigenvalue weighted by atomic mass is 10.2.